The molecule has 0 unspecified atom stereocenters. The van der Waals surface area contributed by atoms with E-state index in [0.29, 0.717) is 23.6 Å². The van der Waals surface area contributed by atoms with Crippen LogP contribution >= 0.6 is 11.8 Å². The van der Waals surface area contributed by atoms with E-state index in [-0.39, 0.29) is 11.8 Å². The van der Waals surface area contributed by atoms with E-state index < -0.39 is 0 Å². The molecule has 1 aliphatic carbocycles. The quantitative estimate of drug-likeness (QED) is 0.310. The molecule has 2 amide bonds. The van der Waals surface area contributed by atoms with E-state index in [4.69, 9.17) is 0 Å². The van der Waals surface area contributed by atoms with E-state index in [1.807, 2.05) is 18.2 Å². The maximum atomic E-state index is 12.4. The van der Waals surface area contributed by atoms with Gasteiger partial charge in [-0.05, 0) is 49.9 Å². The summed E-state index contributed by atoms with van der Waals surface area (Å²) >= 11 is 1.68. The second-order valence-corrected chi connectivity index (χ2v) is 8.71. The smallest absolute Gasteiger partial charge is 0.261 e. The summed E-state index contributed by atoms with van der Waals surface area (Å²) in [5.74, 6) is 2.07. The van der Waals surface area contributed by atoms with Crippen molar-refractivity contribution in [2.24, 2.45) is 0 Å². The van der Waals surface area contributed by atoms with Crippen molar-refractivity contribution in [3.63, 3.8) is 0 Å². The summed E-state index contributed by atoms with van der Waals surface area (Å²) in [5, 5.41) is 9.80. The maximum absolute atomic E-state index is 12.4. The number of benzene rings is 2. The first-order valence-corrected chi connectivity index (χ1v) is 11.3. The van der Waals surface area contributed by atoms with Crippen LogP contribution in [-0.4, -0.2) is 43.8 Å². The molecule has 0 saturated heterocycles. The van der Waals surface area contributed by atoms with E-state index in [9.17, 15) is 9.59 Å². The number of imide groups is 1. The number of carbonyl (C=O) groups excluding carboxylic acids is 2. The number of carbonyl (C=O) groups is 2. The lowest BCUT2D eigenvalue weighted by molar-refractivity contribution is 0.0652. The molecule has 30 heavy (non-hydrogen) atoms. The molecular formula is C23H22N4O2S. The molecule has 2 aliphatic rings. The Morgan fingerprint density at radius 2 is 1.53 bits per heavy atom. The largest absolute Gasteiger partial charge is 0.274 e. The van der Waals surface area contributed by atoms with Gasteiger partial charge in [-0.2, -0.15) is 0 Å². The normalized spacial score (nSPS) is 15.7. The number of amides is 2. The van der Waals surface area contributed by atoms with Gasteiger partial charge in [-0.25, -0.2) is 0 Å². The Hall–Kier alpha value is -2.93. The van der Waals surface area contributed by atoms with E-state index in [2.05, 4.69) is 26.9 Å². The molecule has 7 heteroatoms. The lowest BCUT2D eigenvalue weighted by atomic mass is 10.1. The minimum absolute atomic E-state index is 0.179. The van der Waals surface area contributed by atoms with Crippen LogP contribution in [0.1, 0.15) is 58.1 Å². The number of rotatable bonds is 8. The van der Waals surface area contributed by atoms with Crippen LogP contribution in [0.25, 0.3) is 5.69 Å². The van der Waals surface area contributed by atoms with Crippen molar-refractivity contribution in [1.82, 2.24) is 19.7 Å². The van der Waals surface area contributed by atoms with Crippen LogP contribution in [-0.2, 0) is 0 Å². The van der Waals surface area contributed by atoms with Gasteiger partial charge in [0.25, 0.3) is 11.8 Å². The fraction of sp³-hybridized carbons (Fsp3) is 0.304. The molecule has 1 aliphatic heterocycles. The van der Waals surface area contributed by atoms with E-state index >= 15 is 0 Å². The Balaban J connectivity index is 1.19. The van der Waals surface area contributed by atoms with Gasteiger partial charge in [0.15, 0.2) is 5.16 Å². The number of hydrogen-bond acceptors (Lipinski definition) is 5. The van der Waals surface area contributed by atoms with Gasteiger partial charge >= 0.3 is 0 Å². The van der Waals surface area contributed by atoms with Crippen LogP contribution in [0.3, 0.4) is 0 Å². The van der Waals surface area contributed by atoms with Gasteiger partial charge in [-0.1, -0.05) is 42.1 Å². The van der Waals surface area contributed by atoms with Crippen LogP contribution < -0.4 is 0 Å². The summed E-state index contributed by atoms with van der Waals surface area (Å²) in [6.45, 7) is 0.450. The molecule has 1 fully saturated rings. The van der Waals surface area contributed by atoms with E-state index in [0.717, 1.165) is 35.3 Å². The standard InChI is InChI=1S/C23H22N4O2S/c28-21-18-10-4-5-11-19(18)22(29)26(21)14-6-7-15-30-23-25-24-20(16-12-13-16)27(23)17-8-2-1-3-9-17/h1-5,8-11,16H,6-7,12-15H2. The zero-order valence-corrected chi connectivity index (χ0v) is 17.3. The molecule has 2 heterocycles. The number of thioether (sulfide) groups is 1. The molecule has 2 aromatic carbocycles. The molecule has 0 spiro atoms. The van der Waals surface area contributed by atoms with Gasteiger partial charge in [0.2, 0.25) is 0 Å². The highest BCUT2D eigenvalue weighted by Gasteiger charge is 2.34. The molecule has 1 aromatic heterocycles. The van der Waals surface area contributed by atoms with Crippen LogP contribution in [0, 0.1) is 0 Å². The molecule has 1 saturated carbocycles. The summed E-state index contributed by atoms with van der Waals surface area (Å²) in [5.41, 5.74) is 2.12. The van der Waals surface area contributed by atoms with Crippen molar-refractivity contribution in [1.29, 1.82) is 0 Å². The number of fused-ring (bicyclic) bond motifs is 1. The topological polar surface area (TPSA) is 68.1 Å². The average Bonchev–Trinajstić information content (AvgIpc) is 3.50. The summed E-state index contributed by atoms with van der Waals surface area (Å²) < 4.78 is 2.17. The zero-order chi connectivity index (χ0) is 20.5. The molecule has 152 valence electrons. The number of unbranched alkanes of at least 4 members (excludes halogenated alkanes) is 1. The number of hydrogen-bond donors (Lipinski definition) is 0. The minimum Gasteiger partial charge on any atom is -0.274 e. The second-order valence-electron chi connectivity index (χ2n) is 7.65. The summed E-state index contributed by atoms with van der Waals surface area (Å²) in [4.78, 5) is 26.3. The van der Waals surface area contributed by atoms with Gasteiger partial charge in [0, 0.05) is 23.9 Å². The first-order chi connectivity index (χ1) is 14.7. The molecule has 0 atom stereocenters. The number of aromatic nitrogens is 3. The summed E-state index contributed by atoms with van der Waals surface area (Å²) in [7, 11) is 0. The molecular weight excluding hydrogens is 396 g/mol. The molecule has 0 radical (unpaired) electrons. The third kappa shape index (κ3) is 3.54. The molecule has 3 aromatic rings. The lowest BCUT2D eigenvalue weighted by Crippen LogP contribution is -2.30. The van der Waals surface area contributed by atoms with Crippen LogP contribution in [0.2, 0.25) is 0 Å². The summed E-state index contributed by atoms with van der Waals surface area (Å²) in [6, 6.07) is 17.3. The Kier molecular flexibility index (Phi) is 5.12. The molecule has 5 rings (SSSR count). The maximum Gasteiger partial charge on any atom is 0.261 e. The highest BCUT2D eigenvalue weighted by atomic mass is 32.2. The number of nitrogens with zero attached hydrogens (tertiary/aromatic N) is 4. The van der Waals surface area contributed by atoms with Gasteiger partial charge < -0.3 is 0 Å². The predicted octanol–water partition coefficient (Wildman–Crippen LogP) is 4.31. The monoisotopic (exact) mass is 418 g/mol. The van der Waals surface area contributed by atoms with E-state index in [1.54, 1.807) is 36.0 Å². The average molecular weight is 419 g/mol. The fourth-order valence-corrected chi connectivity index (χ4v) is 4.74. The Labute approximate surface area is 179 Å². The Bertz CT molecular complexity index is 1060. The first-order valence-electron chi connectivity index (χ1n) is 10.3. The Morgan fingerprint density at radius 3 is 2.20 bits per heavy atom. The zero-order valence-electron chi connectivity index (χ0n) is 16.5. The highest BCUT2D eigenvalue weighted by Crippen LogP contribution is 2.41. The summed E-state index contributed by atoms with van der Waals surface area (Å²) in [6.07, 6.45) is 4.01. The first kappa shape index (κ1) is 19.1. The third-order valence-corrected chi connectivity index (χ3v) is 6.52. The highest BCUT2D eigenvalue weighted by molar-refractivity contribution is 7.99. The van der Waals surface area contributed by atoms with Crippen molar-refractivity contribution >= 4 is 23.6 Å². The van der Waals surface area contributed by atoms with Crippen molar-refractivity contribution in [3.8, 4) is 5.69 Å². The lowest BCUT2D eigenvalue weighted by Gasteiger charge is -2.13. The van der Waals surface area contributed by atoms with Crippen molar-refractivity contribution in [2.45, 2.75) is 36.8 Å². The van der Waals surface area contributed by atoms with E-state index in [1.165, 1.54) is 17.7 Å². The Morgan fingerprint density at radius 1 is 0.867 bits per heavy atom. The van der Waals surface area contributed by atoms with Gasteiger partial charge in [-0.15, -0.1) is 10.2 Å². The molecule has 6 nitrogen and oxygen atoms in total. The third-order valence-electron chi connectivity index (χ3n) is 5.50. The van der Waals surface area contributed by atoms with Crippen molar-refractivity contribution in [3.05, 3.63) is 71.5 Å². The van der Waals surface area contributed by atoms with Crippen molar-refractivity contribution in [2.75, 3.05) is 12.3 Å². The molecule has 0 bridgehead atoms. The van der Waals surface area contributed by atoms with Crippen LogP contribution in [0.15, 0.2) is 59.8 Å². The molecule has 0 N–H and O–H groups in total. The van der Waals surface area contributed by atoms with Crippen molar-refractivity contribution < 1.29 is 9.59 Å². The van der Waals surface area contributed by atoms with Crippen LogP contribution in [0.4, 0.5) is 0 Å². The van der Waals surface area contributed by atoms with Gasteiger partial charge in [0.05, 0.1) is 11.1 Å². The number of para-hydroxylation sites is 1. The van der Waals surface area contributed by atoms with Gasteiger partial charge in [0.1, 0.15) is 5.82 Å². The van der Waals surface area contributed by atoms with Crippen LogP contribution in [0.5, 0.6) is 0 Å². The fourth-order valence-electron chi connectivity index (χ4n) is 3.78. The van der Waals surface area contributed by atoms with Gasteiger partial charge in [-0.3, -0.25) is 19.1 Å². The second kappa shape index (κ2) is 8.07. The predicted molar refractivity (Wildman–Crippen MR) is 115 cm³/mol. The minimum atomic E-state index is -0.179. The SMILES string of the molecule is O=C1c2ccccc2C(=O)N1CCCCSc1nnc(C2CC2)n1-c1ccccc1.